The van der Waals surface area contributed by atoms with E-state index < -0.39 is 0 Å². The van der Waals surface area contributed by atoms with Crippen molar-refractivity contribution in [1.82, 2.24) is 14.5 Å². The fourth-order valence-corrected chi connectivity index (χ4v) is 3.98. The number of likely N-dealkylation sites (tertiary alicyclic amines) is 1. The first-order chi connectivity index (χ1) is 13.1. The van der Waals surface area contributed by atoms with Crippen molar-refractivity contribution in [2.75, 3.05) is 18.4 Å². The first-order valence-corrected chi connectivity index (χ1v) is 9.70. The van der Waals surface area contributed by atoms with Gasteiger partial charge < -0.3 is 14.8 Å². The van der Waals surface area contributed by atoms with Gasteiger partial charge in [0, 0.05) is 42.8 Å². The Hall–Kier alpha value is -2.82. The van der Waals surface area contributed by atoms with Crippen LogP contribution in [0.2, 0.25) is 0 Å². The van der Waals surface area contributed by atoms with Crippen LogP contribution >= 0.6 is 0 Å². The molecular formula is C22H26N4O. The molecule has 1 unspecified atom stereocenters. The van der Waals surface area contributed by atoms with Gasteiger partial charge >= 0.3 is 6.03 Å². The van der Waals surface area contributed by atoms with Crippen LogP contribution in [0.25, 0.3) is 10.8 Å². The molecule has 0 bridgehead atoms. The monoisotopic (exact) mass is 362 g/mol. The summed E-state index contributed by atoms with van der Waals surface area (Å²) >= 11 is 0. The van der Waals surface area contributed by atoms with Crippen molar-refractivity contribution in [2.45, 2.75) is 38.6 Å². The topological polar surface area (TPSA) is 50.2 Å². The van der Waals surface area contributed by atoms with E-state index in [4.69, 9.17) is 0 Å². The van der Waals surface area contributed by atoms with Crippen LogP contribution < -0.4 is 5.32 Å². The molecule has 0 saturated carbocycles. The molecule has 140 valence electrons. The van der Waals surface area contributed by atoms with E-state index in [1.54, 1.807) is 0 Å². The second kappa shape index (κ2) is 7.43. The highest BCUT2D eigenvalue weighted by Gasteiger charge is 2.28. The van der Waals surface area contributed by atoms with Gasteiger partial charge in [-0.25, -0.2) is 9.78 Å². The van der Waals surface area contributed by atoms with E-state index >= 15 is 0 Å². The maximum Gasteiger partial charge on any atom is 0.321 e. The molecule has 0 spiro atoms. The average molecular weight is 362 g/mol. The van der Waals surface area contributed by atoms with Gasteiger partial charge in [0.05, 0.1) is 5.69 Å². The molecule has 0 aliphatic carbocycles. The van der Waals surface area contributed by atoms with Crippen molar-refractivity contribution in [3.8, 4) is 0 Å². The van der Waals surface area contributed by atoms with E-state index in [1.165, 1.54) is 0 Å². The lowest BCUT2D eigenvalue weighted by Crippen LogP contribution is -2.42. The third kappa shape index (κ3) is 3.54. The Morgan fingerprint density at radius 1 is 1.19 bits per heavy atom. The van der Waals surface area contributed by atoms with E-state index in [0.29, 0.717) is 12.6 Å². The molecule has 2 amide bonds. The molecule has 1 fully saturated rings. The molecule has 4 rings (SSSR count). The number of benzene rings is 2. The second-order valence-electron chi connectivity index (χ2n) is 7.53. The highest BCUT2D eigenvalue weighted by molar-refractivity contribution is 6.01. The minimum absolute atomic E-state index is 0.0290. The first-order valence-electron chi connectivity index (χ1n) is 9.70. The zero-order chi connectivity index (χ0) is 18.8. The van der Waals surface area contributed by atoms with E-state index in [-0.39, 0.29) is 11.9 Å². The summed E-state index contributed by atoms with van der Waals surface area (Å²) in [5.41, 5.74) is 0.865. The summed E-state index contributed by atoms with van der Waals surface area (Å²) in [7, 11) is 0. The highest BCUT2D eigenvalue weighted by Crippen LogP contribution is 2.29. The quantitative estimate of drug-likeness (QED) is 0.710. The smallest absolute Gasteiger partial charge is 0.321 e. The number of amides is 2. The number of piperidine rings is 1. The van der Waals surface area contributed by atoms with Gasteiger partial charge in [-0.2, -0.15) is 0 Å². The number of imidazole rings is 1. The van der Waals surface area contributed by atoms with Crippen LogP contribution in [-0.2, 0) is 0 Å². The summed E-state index contributed by atoms with van der Waals surface area (Å²) in [6.07, 6.45) is 5.97. The third-order valence-corrected chi connectivity index (χ3v) is 5.36. The molecule has 1 aromatic heterocycles. The zero-order valence-electron chi connectivity index (χ0n) is 15.9. The minimum Gasteiger partial charge on any atom is -0.332 e. The van der Waals surface area contributed by atoms with E-state index in [2.05, 4.69) is 40.8 Å². The fraction of sp³-hybridized carbons (Fsp3) is 0.364. The van der Waals surface area contributed by atoms with Crippen LogP contribution in [-0.4, -0.2) is 33.6 Å². The highest BCUT2D eigenvalue weighted by atomic mass is 16.2. The number of fused-ring (bicyclic) bond motifs is 1. The largest absolute Gasteiger partial charge is 0.332 e. The lowest BCUT2D eigenvalue weighted by Gasteiger charge is -2.33. The molecule has 3 aromatic rings. The molecule has 1 saturated heterocycles. The normalized spacial score (nSPS) is 17.4. The van der Waals surface area contributed by atoms with Gasteiger partial charge in [-0.3, -0.25) is 0 Å². The van der Waals surface area contributed by atoms with Crippen molar-refractivity contribution in [1.29, 1.82) is 0 Å². The number of carbonyl (C=O) groups excluding carboxylic acids is 1. The van der Waals surface area contributed by atoms with E-state index in [0.717, 1.165) is 41.7 Å². The number of urea groups is 1. The Kier molecular flexibility index (Phi) is 4.84. The molecule has 1 aliphatic rings. The Bertz CT molecular complexity index is 941. The van der Waals surface area contributed by atoms with Crippen LogP contribution in [0.4, 0.5) is 10.5 Å². The Balaban J connectivity index is 1.51. The molecule has 2 aromatic carbocycles. The van der Waals surface area contributed by atoms with Gasteiger partial charge in [0.1, 0.15) is 5.82 Å². The average Bonchev–Trinajstić information content (AvgIpc) is 3.19. The van der Waals surface area contributed by atoms with Crippen molar-refractivity contribution in [3.05, 3.63) is 60.7 Å². The molecule has 1 atom stereocenters. The van der Waals surface area contributed by atoms with Gasteiger partial charge in [0.2, 0.25) is 0 Å². The molecule has 5 heteroatoms. The van der Waals surface area contributed by atoms with Gasteiger partial charge in [0.15, 0.2) is 0 Å². The number of hydrogen-bond acceptors (Lipinski definition) is 2. The lowest BCUT2D eigenvalue weighted by molar-refractivity contribution is 0.190. The number of aromatic nitrogens is 2. The Morgan fingerprint density at radius 3 is 2.85 bits per heavy atom. The molecule has 1 N–H and O–H groups in total. The zero-order valence-corrected chi connectivity index (χ0v) is 15.9. The van der Waals surface area contributed by atoms with Crippen molar-refractivity contribution < 1.29 is 4.79 Å². The number of rotatable bonds is 3. The Morgan fingerprint density at radius 2 is 2.00 bits per heavy atom. The number of hydrogen-bond donors (Lipinski definition) is 1. The molecule has 5 nitrogen and oxygen atoms in total. The molecule has 2 heterocycles. The van der Waals surface area contributed by atoms with E-state index in [9.17, 15) is 4.79 Å². The lowest BCUT2D eigenvalue weighted by atomic mass is 9.97. The van der Waals surface area contributed by atoms with Crippen LogP contribution in [0.15, 0.2) is 54.9 Å². The number of carbonyl (C=O) groups is 1. The number of nitrogens with one attached hydrogen (secondary N) is 1. The van der Waals surface area contributed by atoms with Crippen LogP contribution in [0.1, 0.15) is 44.5 Å². The summed E-state index contributed by atoms with van der Waals surface area (Å²) in [5.74, 6) is 1.38. The SMILES string of the molecule is CC(C)n1ccnc1C1CCCN(C(=O)Nc2cccc3ccccc23)C1. The van der Waals surface area contributed by atoms with Crippen molar-refractivity contribution in [2.24, 2.45) is 0 Å². The summed E-state index contributed by atoms with van der Waals surface area (Å²) in [6, 6.07) is 14.5. The first kappa shape index (κ1) is 17.6. The number of anilines is 1. The van der Waals surface area contributed by atoms with Crippen LogP contribution in [0, 0.1) is 0 Å². The minimum atomic E-state index is -0.0290. The van der Waals surface area contributed by atoms with Gasteiger partial charge in [-0.05, 0) is 38.1 Å². The maximum atomic E-state index is 12.9. The van der Waals surface area contributed by atoms with Crippen LogP contribution in [0.3, 0.4) is 0 Å². The van der Waals surface area contributed by atoms with Gasteiger partial charge in [-0.1, -0.05) is 36.4 Å². The molecule has 0 radical (unpaired) electrons. The predicted molar refractivity (Wildman–Crippen MR) is 109 cm³/mol. The predicted octanol–water partition coefficient (Wildman–Crippen LogP) is 5.03. The van der Waals surface area contributed by atoms with Gasteiger partial charge in [0.25, 0.3) is 0 Å². The molecule has 27 heavy (non-hydrogen) atoms. The summed E-state index contributed by atoms with van der Waals surface area (Å²) < 4.78 is 2.22. The van der Waals surface area contributed by atoms with E-state index in [1.807, 2.05) is 47.6 Å². The maximum absolute atomic E-state index is 12.9. The Labute approximate surface area is 160 Å². The summed E-state index contributed by atoms with van der Waals surface area (Å²) in [4.78, 5) is 19.4. The molecular weight excluding hydrogens is 336 g/mol. The van der Waals surface area contributed by atoms with Crippen LogP contribution in [0.5, 0.6) is 0 Å². The van der Waals surface area contributed by atoms with Crippen molar-refractivity contribution >= 4 is 22.5 Å². The van der Waals surface area contributed by atoms with Crippen molar-refractivity contribution in [3.63, 3.8) is 0 Å². The summed E-state index contributed by atoms with van der Waals surface area (Å²) in [6.45, 7) is 5.83. The fourth-order valence-electron chi connectivity index (χ4n) is 3.98. The number of nitrogens with zero attached hydrogens (tertiary/aromatic N) is 3. The second-order valence-corrected chi connectivity index (χ2v) is 7.53. The third-order valence-electron chi connectivity index (χ3n) is 5.36. The molecule has 1 aliphatic heterocycles. The van der Waals surface area contributed by atoms with Gasteiger partial charge in [-0.15, -0.1) is 0 Å². The standard InChI is InChI=1S/C22H26N4O/c1-16(2)26-14-12-23-21(26)18-9-6-13-25(15-18)22(27)24-20-11-5-8-17-7-3-4-10-19(17)20/h3-5,7-8,10-12,14,16,18H,6,9,13,15H2,1-2H3,(H,24,27). The summed E-state index contributed by atoms with van der Waals surface area (Å²) in [5, 5.41) is 5.31.